The molecule has 2 saturated heterocycles. The number of carbonyl (C=O) groups is 2. The fourth-order valence-corrected chi connectivity index (χ4v) is 6.06. The number of rotatable bonds is 0. The van der Waals surface area contributed by atoms with Crippen LogP contribution >= 0.6 is 0 Å². The van der Waals surface area contributed by atoms with Gasteiger partial charge < -0.3 is 20.3 Å². The molecule has 4 aliphatic heterocycles. The van der Waals surface area contributed by atoms with Crippen molar-refractivity contribution in [3.63, 3.8) is 0 Å². The number of para-hydroxylation sites is 2. The summed E-state index contributed by atoms with van der Waals surface area (Å²) in [5, 5.41) is 16.0. The number of aromatic nitrogens is 1. The van der Waals surface area contributed by atoms with E-state index in [0.717, 1.165) is 33.4 Å². The zero-order chi connectivity index (χ0) is 23.4. The van der Waals surface area contributed by atoms with Crippen molar-refractivity contribution in [3.8, 4) is 0 Å². The predicted octanol–water partition coefficient (Wildman–Crippen LogP) is 3.40. The number of aromatic amines is 1. The highest BCUT2D eigenvalue weighted by atomic mass is 16.3. The van der Waals surface area contributed by atoms with Crippen LogP contribution in [0.1, 0.15) is 37.1 Å². The highest BCUT2D eigenvalue weighted by molar-refractivity contribution is 6.10. The van der Waals surface area contributed by atoms with Gasteiger partial charge in [-0.05, 0) is 18.2 Å². The lowest BCUT2D eigenvalue weighted by Crippen LogP contribution is -2.58. The van der Waals surface area contributed by atoms with Gasteiger partial charge in [0.1, 0.15) is 23.5 Å². The summed E-state index contributed by atoms with van der Waals surface area (Å²) in [6, 6.07) is 14.7. The first-order valence-electron chi connectivity index (χ1n) is 11.6. The van der Waals surface area contributed by atoms with Crippen LogP contribution in [0.3, 0.4) is 0 Å². The summed E-state index contributed by atoms with van der Waals surface area (Å²) in [5.74, 6) is -0.477. The van der Waals surface area contributed by atoms with Crippen molar-refractivity contribution in [2.24, 2.45) is 0 Å². The summed E-state index contributed by atoms with van der Waals surface area (Å²) in [6.07, 6.45) is 4.98. The Morgan fingerprint density at radius 3 is 2.68 bits per heavy atom. The zero-order valence-electron chi connectivity index (χ0n) is 18.9. The van der Waals surface area contributed by atoms with Crippen molar-refractivity contribution in [3.05, 3.63) is 83.3 Å². The Kier molecular flexibility index (Phi) is 3.57. The van der Waals surface area contributed by atoms with Crippen molar-refractivity contribution in [1.29, 1.82) is 0 Å². The summed E-state index contributed by atoms with van der Waals surface area (Å²) in [5.41, 5.74) is 2.99. The second-order valence-electron chi connectivity index (χ2n) is 10.2. The smallest absolute Gasteiger partial charge is 0.273 e. The minimum atomic E-state index is -1.32. The van der Waals surface area contributed by atoms with Gasteiger partial charge in [-0.3, -0.25) is 14.5 Å². The monoisotopic (exact) mass is 452 g/mol. The maximum atomic E-state index is 14.0. The van der Waals surface area contributed by atoms with Crippen LogP contribution in [0.25, 0.3) is 17.0 Å². The fraction of sp³-hybridized carbons (Fsp3) is 0.259. The molecule has 1 aromatic heterocycles. The Morgan fingerprint density at radius 2 is 1.82 bits per heavy atom. The van der Waals surface area contributed by atoms with Gasteiger partial charge in [0.25, 0.3) is 11.8 Å². The van der Waals surface area contributed by atoms with Crippen LogP contribution in [0, 0.1) is 0 Å². The third-order valence-corrected chi connectivity index (χ3v) is 7.80. The Morgan fingerprint density at radius 1 is 1.06 bits per heavy atom. The quantitative estimate of drug-likeness (QED) is 0.488. The zero-order valence-corrected chi connectivity index (χ0v) is 18.9. The van der Waals surface area contributed by atoms with Crippen molar-refractivity contribution < 1.29 is 14.7 Å². The lowest BCUT2D eigenvalue weighted by Gasteiger charge is -2.40. The van der Waals surface area contributed by atoms with E-state index in [1.54, 1.807) is 11.1 Å². The topological polar surface area (TPSA) is 88.7 Å². The largest absolute Gasteiger partial charge is 0.381 e. The second kappa shape index (κ2) is 6.18. The van der Waals surface area contributed by atoms with E-state index in [4.69, 9.17) is 0 Å². The van der Waals surface area contributed by atoms with Crippen molar-refractivity contribution in [1.82, 2.24) is 14.8 Å². The molecule has 34 heavy (non-hydrogen) atoms. The van der Waals surface area contributed by atoms with Gasteiger partial charge in [-0.15, -0.1) is 0 Å². The predicted molar refractivity (Wildman–Crippen MR) is 128 cm³/mol. The number of carbonyl (C=O) groups excluding carboxylic acids is 2. The number of anilines is 1. The highest BCUT2D eigenvalue weighted by Gasteiger charge is 2.63. The van der Waals surface area contributed by atoms with Crippen molar-refractivity contribution >= 4 is 34.5 Å². The molecule has 5 heterocycles. The molecule has 0 spiro atoms. The maximum Gasteiger partial charge on any atom is 0.273 e. The minimum Gasteiger partial charge on any atom is -0.381 e. The molecule has 0 radical (unpaired) electrons. The van der Waals surface area contributed by atoms with E-state index in [9.17, 15) is 14.7 Å². The molecule has 2 aromatic carbocycles. The third kappa shape index (κ3) is 2.29. The van der Waals surface area contributed by atoms with E-state index >= 15 is 0 Å². The number of nitrogens with zero attached hydrogens (tertiary/aromatic N) is 2. The molecule has 3 N–H and O–H groups in total. The molecule has 4 aliphatic rings. The molecule has 7 heteroatoms. The Bertz CT molecular complexity index is 1480. The number of hydrogen-bond acceptors (Lipinski definition) is 4. The molecule has 3 atom stereocenters. The van der Waals surface area contributed by atoms with E-state index in [1.165, 1.54) is 4.90 Å². The molecule has 3 aromatic rings. The first-order valence-corrected chi connectivity index (χ1v) is 11.6. The number of benzene rings is 2. The number of aliphatic hydroxyl groups is 1. The lowest BCUT2D eigenvalue weighted by atomic mass is 9.85. The van der Waals surface area contributed by atoms with Crippen LogP contribution in [0.5, 0.6) is 0 Å². The van der Waals surface area contributed by atoms with Crippen LogP contribution in [-0.2, 0) is 20.6 Å². The Balaban J connectivity index is 1.42. The van der Waals surface area contributed by atoms with Crippen LogP contribution in [0.15, 0.2) is 66.5 Å². The van der Waals surface area contributed by atoms with Gasteiger partial charge in [0.2, 0.25) is 0 Å². The molecule has 7 rings (SSSR count). The van der Waals surface area contributed by atoms with Crippen molar-refractivity contribution in [2.75, 3.05) is 5.32 Å². The van der Waals surface area contributed by atoms with Gasteiger partial charge >= 0.3 is 0 Å². The molecule has 7 nitrogen and oxygen atoms in total. The SMILES string of the molecule is CC1(C)C=CN2C(=O)[C@H]3C[C@@]4(O)c5ccccc5N[C@H]4N3C(=O)C2=Cc2c1[nH]c1ccccc21. The lowest BCUT2D eigenvalue weighted by molar-refractivity contribution is -0.148. The molecule has 2 fully saturated rings. The molecule has 2 amide bonds. The van der Waals surface area contributed by atoms with Gasteiger partial charge in [-0.25, -0.2) is 0 Å². The van der Waals surface area contributed by atoms with E-state index in [1.807, 2.05) is 60.7 Å². The average molecular weight is 453 g/mol. The average Bonchev–Trinajstić information content (AvgIpc) is 3.42. The summed E-state index contributed by atoms with van der Waals surface area (Å²) in [4.78, 5) is 34.3. The van der Waals surface area contributed by atoms with Crippen LogP contribution in [-0.4, -0.2) is 43.9 Å². The van der Waals surface area contributed by atoms with E-state index < -0.39 is 17.8 Å². The minimum absolute atomic E-state index is 0.158. The third-order valence-electron chi connectivity index (χ3n) is 7.80. The summed E-state index contributed by atoms with van der Waals surface area (Å²) in [6.45, 7) is 4.17. The van der Waals surface area contributed by atoms with Gasteiger partial charge in [0.05, 0.1) is 0 Å². The Hall–Kier alpha value is -3.84. The second-order valence-corrected chi connectivity index (χ2v) is 10.2. The number of nitrogens with one attached hydrogen (secondary N) is 2. The molecule has 170 valence electrons. The first kappa shape index (κ1) is 19.6. The normalized spacial score (nSPS) is 28.4. The number of fused-ring (bicyclic) bond motifs is 9. The fourth-order valence-electron chi connectivity index (χ4n) is 6.06. The van der Waals surface area contributed by atoms with Crippen LogP contribution in [0.2, 0.25) is 0 Å². The number of piperazine rings is 1. The number of H-pyrrole nitrogens is 1. The van der Waals surface area contributed by atoms with Crippen LogP contribution < -0.4 is 5.32 Å². The molecular formula is C27H24N4O3. The number of allylic oxidation sites excluding steroid dienone is 1. The van der Waals surface area contributed by atoms with Gasteiger partial charge in [-0.1, -0.05) is 56.3 Å². The van der Waals surface area contributed by atoms with Gasteiger partial charge in [0, 0.05) is 51.4 Å². The van der Waals surface area contributed by atoms with Gasteiger partial charge in [-0.2, -0.15) is 0 Å². The van der Waals surface area contributed by atoms with E-state index in [2.05, 4.69) is 24.1 Å². The number of hydrogen-bond donors (Lipinski definition) is 3. The summed E-state index contributed by atoms with van der Waals surface area (Å²) < 4.78 is 0. The molecular weight excluding hydrogens is 428 g/mol. The van der Waals surface area contributed by atoms with Crippen molar-refractivity contribution in [2.45, 2.75) is 43.5 Å². The summed E-state index contributed by atoms with van der Waals surface area (Å²) >= 11 is 0. The standard InChI is InChI=1S/C27H24N4O3/c1-26(2)11-12-30-20(13-16-15-7-3-5-9-18(15)28-22(16)26)24(33)31-21(23(30)32)14-27(34)17-8-4-6-10-19(17)29-25(27)31/h3-13,21,25,28-29,34H,14H2,1-2H3/t21-,25+,27-/m1/s1. The molecule has 0 aliphatic carbocycles. The maximum absolute atomic E-state index is 14.0. The van der Waals surface area contributed by atoms with Crippen LogP contribution in [0.4, 0.5) is 5.69 Å². The first-order chi connectivity index (χ1) is 16.3. The highest BCUT2D eigenvalue weighted by Crippen LogP contribution is 2.51. The molecule has 0 saturated carbocycles. The number of amides is 2. The van der Waals surface area contributed by atoms with Gasteiger partial charge in [0.15, 0.2) is 0 Å². The molecule has 0 unspecified atom stereocenters. The summed E-state index contributed by atoms with van der Waals surface area (Å²) in [7, 11) is 0. The van der Waals surface area contributed by atoms with E-state index in [0.29, 0.717) is 5.70 Å². The molecule has 0 bridgehead atoms. The van der Waals surface area contributed by atoms with E-state index in [-0.39, 0.29) is 23.7 Å². The Labute approximate surface area is 196 Å².